The number of thiocarbonyl (C=S) groups is 1. The van der Waals surface area contributed by atoms with Gasteiger partial charge in [-0.1, -0.05) is 36.4 Å². The van der Waals surface area contributed by atoms with Crippen LogP contribution in [-0.4, -0.2) is 21.3 Å². The minimum Gasteiger partial charge on any atom is -0.455 e. The molecular formula is C31H29N5O2S. The van der Waals surface area contributed by atoms with Gasteiger partial charge in [0.25, 0.3) is 5.91 Å². The van der Waals surface area contributed by atoms with Crippen LogP contribution >= 0.6 is 12.2 Å². The van der Waals surface area contributed by atoms with Gasteiger partial charge in [-0.05, 0) is 75.3 Å². The monoisotopic (exact) mass is 535 g/mol. The largest absolute Gasteiger partial charge is 0.455 e. The van der Waals surface area contributed by atoms with E-state index in [1.54, 1.807) is 0 Å². The Kier molecular flexibility index (Phi) is 6.62. The SMILES string of the molecule is CCn1c2ccccc2c2cc(NC(=O)c3oc4c(c3C)/C(=N/NC(=S)Nc3ccccc3)CCC4)ccc21. The normalized spacial score (nSPS) is 13.9. The smallest absolute Gasteiger partial charge is 0.291 e. The number of furan rings is 1. The molecule has 6 rings (SSSR count). The van der Waals surface area contributed by atoms with Gasteiger partial charge in [0.05, 0.1) is 5.71 Å². The number of nitrogens with zero attached hydrogens (tertiary/aromatic N) is 2. The average molecular weight is 536 g/mol. The molecule has 0 unspecified atom stereocenters. The number of hydrogen-bond donors (Lipinski definition) is 3. The number of amides is 1. The fourth-order valence-electron chi connectivity index (χ4n) is 5.46. The number of para-hydroxylation sites is 2. The van der Waals surface area contributed by atoms with Gasteiger partial charge in [0, 0.05) is 57.3 Å². The summed E-state index contributed by atoms with van der Waals surface area (Å²) in [4.78, 5) is 13.4. The maximum absolute atomic E-state index is 13.4. The number of fused-ring (bicyclic) bond motifs is 4. The van der Waals surface area contributed by atoms with E-state index in [4.69, 9.17) is 16.6 Å². The standard InChI is InChI=1S/C31H29N5O2S/c1-3-36-25-14-8-7-12-22(25)23-18-21(16-17-26(23)36)32-30(37)29-19(2)28-24(13-9-15-27(28)38-29)34-35-31(39)33-20-10-5-4-6-11-20/h4-8,10-12,14,16-18H,3,9,13,15H2,1-2H3,(H,32,37)(H2,33,35,39)/b34-24+. The first-order valence-corrected chi connectivity index (χ1v) is 13.6. The molecule has 8 heteroatoms. The molecule has 0 fully saturated rings. The summed E-state index contributed by atoms with van der Waals surface area (Å²) in [6.45, 7) is 4.93. The Morgan fingerprint density at radius 1 is 0.949 bits per heavy atom. The molecule has 39 heavy (non-hydrogen) atoms. The predicted molar refractivity (Wildman–Crippen MR) is 162 cm³/mol. The van der Waals surface area contributed by atoms with E-state index in [1.165, 1.54) is 10.9 Å². The van der Waals surface area contributed by atoms with Crippen LogP contribution < -0.4 is 16.1 Å². The second kappa shape index (κ2) is 10.4. The molecule has 5 aromatic rings. The first-order chi connectivity index (χ1) is 19.0. The van der Waals surface area contributed by atoms with Crippen LogP contribution in [0.4, 0.5) is 11.4 Å². The molecule has 3 aromatic carbocycles. The van der Waals surface area contributed by atoms with E-state index in [0.717, 1.165) is 70.7 Å². The average Bonchev–Trinajstić information content (AvgIpc) is 3.47. The molecule has 0 bridgehead atoms. The van der Waals surface area contributed by atoms with Gasteiger partial charge in [0.15, 0.2) is 10.9 Å². The topological polar surface area (TPSA) is 83.6 Å². The molecular weight excluding hydrogens is 506 g/mol. The van der Waals surface area contributed by atoms with Gasteiger partial charge in [0.1, 0.15) is 5.76 Å². The van der Waals surface area contributed by atoms with E-state index in [0.29, 0.717) is 10.9 Å². The molecule has 1 aliphatic carbocycles. The van der Waals surface area contributed by atoms with Gasteiger partial charge in [-0.25, -0.2) is 0 Å². The maximum Gasteiger partial charge on any atom is 0.291 e. The molecule has 2 heterocycles. The minimum atomic E-state index is -0.269. The zero-order valence-corrected chi connectivity index (χ0v) is 22.7. The lowest BCUT2D eigenvalue weighted by Crippen LogP contribution is -2.26. The van der Waals surface area contributed by atoms with E-state index < -0.39 is 0 Å². The molecule has 7 nitrogen and oxygen atoms in total. The van der Waals surface area contributed by atoms with Crippen LogP contribution in [0, 0.1) is 6.92 Å². The summed E-state index contributed by atoms with van der Waals surface area (Å²) in [5.74, 6) is 0.831. The van der Waals surface area contributed by atoms with Crippen molar-refractivity contribution >= 4 is 62.1 Å². The van der Waals surface area contributed by atoms with Crippen molar-refractivity contribution in [3.63, 3.8) is 0 Å². The Balaban J connectivity index is 1.24. The maximum atomic E-state index is 13.4. The Hall–Kier alpha value is -4.43. The van der Waals surface area contributed by atoms with Crippen molar-refractivity contribution in [2.75, 3.05) is 10.6 Å². The highest BCUT2D eigenvalue weighted by atomic mass is 32.1. The van der Waals surface area contributed by atoms with Gasteiger partial charge in [-0.15, -0.1) is 0 Å². The van der Waals surface area contributed by atoms with Crippen LogP contribution in [0.2, 0.25) is 0 Å². The molecule has 0 saturated carbocycles. The van der Waals surface area contributed by atoms with Gasteiger partial charge in [0.2, 0.25) is 0 Å². The molecule has 0 aliphatic heterocycles. The Labute approximate surface area is 231 Å². The highest BCUT2D eigenvalue weighted by molar-refractivity contribution is 7.80. The number of anilines is 2. The fraction of sp³-hybridized carbons (Fsp3) is 0.194. The van der Waals surface area contributed by atoms with Crippen molar-refractivity contribution in [3.8, 4) is 0 Å². The van der Waals surface area contributed by atoms with Crippen molar-refractivity contribution in [1.82, 2.24) is 9.99 Å². The van der Waals surface area contributed by atoms with Crippen LogP contribution in [0.25, 0.3) is 21.8 Å². The lowest BCUT2D eigenvalue weighted by molar-refractivity contribution is 0.0994. The summed E-state index contributed by atoms with van der Waals surface area (Å²) in [7, 11) is 0. The van der Waals surface area contributed by atoms with E-state index in [2.05, 4.69) is 56.9 Å². The second-order valence-corrected chi connectivity index (χ2v) is 10.1. The van der Waals surface area contributed by atoms with E-state index >= 15 is 0 Å². The number of aromatic nitrogens is 1. The summed E-state index contributed by atoms with van der Waals surface area (Å²) in [5.41, 5.74) is 9.41. The first kappa shape index (κ1) is 24.9. The summed E-state index contributed by atoms with van der Waals surface area (Å²) < 4.78 is 8.40. The zero-order chi connectivity index (χ0) is 26.9. The van der Waals surface area contributed by atoms with Gasteiger partial charge < -0.3 is 19.6 Å². The van der Waals surface area contributed by atoms with Crippen molar-refractivity contribution in [2.45, 2.75) is 39.7 Å². The van der Waals surface area contributed by atoms with Crippen molar-refractivity contribution < 1.29 is 9.21 Å². The number of carbonyl (C=O) groups is 1. The summed E-state index contributed by atoms with van der Waals surface area (Å²) in [6, 6.07) is 24.1. The third-order valence-corrected chi connectivity index (χ3v) is 7.40. The quantitative estimate of drug-likeness (QED) is 0.167. The lowest BCUT2D eigenvalue weighted by atomic mass is 9.93. The molecule has 196 valence electrons. The number of nitrogens with one attached hydrogen (secondary N) is 3. The molecule has 1 amide bonds. The summed E-state index contributed by atoms with van der Waals surface area (Å²) >= 11 is 5.41. The minimum absolute atomic E-state index is 0.269. The zero-order valence-electron chi connectivity index (χ0n) is 21.9. The van der Waals surface area contributed by atoms with Crippen molar-refractivity contribution in [1.29, 1.82) is 0 Å². The fourth-order valence-corrected chi connectivity index (χ4v) is 5.62. The molecule has 2 aromatic heterocycles. The van der Waals surface area contributed by atoms with Crippen LogP contribution in [-0.2, 0) is 13.0 Å². The van der Waals surface area contributed by atoms with Crippen LogP contribution in [0.3, 0.4) is 0 Å². The Morgan fingerprint density at radius 2 is 1.72 bits per heavy atom. The number of benzene rings is 3. The molecule has 0 saturated heterocycles. The lowest BCUT2D eigenvalue weighted by Gasteiger charge is -2.14. The molecule has 0 spiro atoms. The molecule has 0 radical (unpaired) electrons. The first-order valence-electron chi connectivity index (χ1n) is 13.2. The number of aryl methyl sites for hydroxylation is 2. The third-order valence-electron chi connectivity index (χ3n) is 7.20. The van der Waals surface area contributed by atoms with Crippen molar-refractivity contribution in [3.05, 3.63) is 95.4 Å². The van der Waals surface area contributed by atoms with Crippen LogP contribution in [0.5, 0.6) is 0 Å². The number of carbonyl (C=O) groups excluding carboxylic acids is 1. The summed E-state index contributed by atoms with van der Waals surface area (Å²) in [6.07, 6.45) is 2.42. The van der Waals surface area contributed by atoms with Crippen molar-refractivity contribution in [2.24, 2.45) is 5.10 Å². The second-order valence-electron chi connectivity index (χ2n) is 9.65. The van der Waals surface area contributed by atoms with E-state index in [-0.39, 0.29) is 5.91 Å². The molecule has 1 aliphatic rings. The van der Waals surface area contributed by atoms with Gasteiger partial charge in [-0.3, -0.25) is 10.2 Å². The summed E-state index contributed by atoms with van der Waals surface area (Å²) in [5, 5.41) is 13.4. The Morgan fingerprint density at radius 3 is 2.54 bits per heavy atom. The number of hydrogen-bond acceptors (Lipinski definition) is 4. The van der Waals surface area contributed by atoms with Crippen LogP contribution in [0.1, 0.15) is 47.2 Å². The number of rotatable bonds is 5. The molecule has 3 N–H and O–H groups in total. The van der Waals surface area contributed by atoms with Crippen LogP contribution in [0.15, 0.2) is 82.3 Å². The number of hydrazone groups is 1. The van der Waals surface area contributed by atoms with Gasteiger partial charge >= 0.3 is 0 Å². The highest BCUT2D eigenvalue weighted by Crippen LogP contribution is 2.33. The highest BCUT2D eigenvalue weighted by Gasteiger charge is 2.28. The van der Waals surface area contributed by atoms with E-state index in [1.807, 2.05) is 55.5 Å². The molecule has 0 atom stereocenters. The predicted octanol–water partition coefficient (Wildman–Crippen LogP) is 7.00. The van der Waals surface area contributed by atoms with E-state index in [9.17, 15) is 4.79 Å². The van der Waals surface area contributed by atoms with Gasteiger partial charge in [-0.2, -0.15) is 5.10 Å². The third kappa shape index (κ3) is 4.68. The Bertz CT molecular complexity index is 1750.